The molecule has 0 saturated carbocycles. The summed E-state index contributed by atoms with van der Waals surface area (Å²) in [6, 6.07) is -0.941. The molecule has 2 heterocycles. The van der Waals surface area contributed by atoms with Crippen LogP contribution >= 0.6 is 27.5 Å². The number of hydroxylamine groups is 2. The maximum Gasteiger partial charge on any atom is 0.358 e. The molecule has 1 aliphatic heterocycles. The lowest BCUT2D eigenvalue weighted by atomic mass is 10.0. The number of allylic oxidation sites excluding steroid dienone is 2. The number of aliphatic hydroxyl groups is 1. The van der Waals surface area contributed by atoms with Gasteiger partial charge in [-0.25, -0.2) is 9.78 Å². The van der Waals surface area contributed by atoms with Crippen LogP contribution in [0.3, 0.4) is 0 Å². The first-order valence-electron chi connectivity index (χ1n) is 7.50. The average molecular weight is 421 g/mol. The maximum absolute atomic E-state index is 12.2. The average Bonchev–Trinajstić information content (AvgIpc) is 2.84. The number of nitrogens with one attached hydrogen (secondary N) is 1. The van der Waals surface area contributed by atoms with Crippen LogP contribution in [0.5, 0.6) is 0 Å². The molecule has 0 saturated heterocycles. The Morgan fingerprint density at radius 3 is 2.83 bits per heavy atom. The van der Waals surface area contributed by atoms with Crippen LogP contribution in [0.2, 0.25) is 0 Å². The van der Waals surface area contributed by atoms with Gasteiger partial charge in [0.15, 0.2) is 16.5 Å². The molecule has 0 aliphatic carbocycles. The molecule has 2 rings (SSSR count). The van der Waals surface area contributed by atoms with Gasteiger partial charge in [-0.2, -0.15) is 0 Å². The number of hydrogen-bond acceptors (Lipinski definition) is 5. The van der Waals surface area contributed by atoms with E-state index in [4.69, 9.17) is 16.3 Å². The number of esters is 1. The van der Waals surface area contributed by atoms with E-state index in [9.17, 15) is 15.1 Å². The van der Waals surface area contributed by atoms with Crippen molar-refractivity contribution in [2.45, 2.75) is 39.0 Å². The summed E-state index contributed by atoms with van der Waals surface area (Å²) >= 11 is 9.11. The quantitative estimate of drug-likeness (QED) is 0.560. The molecule has 0 aromatic carbocycles. The summed E-state index contributed by atoms with van der Waals surface area (Å²) in [5.41, 5.74) is 0.233. The highest BCUT2D eigenvalue weighted by Crippen LogP contribution is 2.30. The maximum atomic E-state index is 12.2. The summed E-state index contributed by atoms with van der Waals surface area (Å²) in [7, 11) is 0. The molecule has 3 unspecified atom stereocenters. The van der Waals surface area contributed by atoms with Gasteiger partial charge in [0.25, 0.3) is 0 Å². The number of rotatable bonds is 5. The summed E-state index contributed by atoms with van der Waals surface area (Å²) in [4.78, 5) is 16.4. The molecule has 1 aromatic rings. The summed E-state index contributed by atoms with van der Waals surface area (Å²) in [5, 5.41) is 23.0. The minimum Gasteiger partial charge on any atom is -0.629 e. The van der Waals surface area contributed by atoms with E-state index in [1.165, 1.54) is 12.3 Å². The third-order valence-corrected chi connectivity index (χ3v) is 4.38. The van der Waals surface area contributed by atoms with Crippen LogP contribution in [0.25, 0.3) is 0 Å². The number of quaternary nitrogens is 1. The van der Waals surface area contributed by atoms with Gasteiger partial charge in [-0.05, 0) is 48.9 Å². The first kappa shape index (κ1) is 19.1. The lowest BCUT2D eigenvalue weighted by molar-refractivity contribution is -0.820. The van der Waals surface area contributed by atoms with Gasteiger partial charge >= 0.3 is 5.97 Å². The molecule has 7 nitrogen and oxygen atoms in total. The van der Waals surface area contributed by atoms with Gasteiger partial charge in [0.05, 0.1) is 17.3 Å². The number of aliphatic hydroxyl groups excluding tert-OH is 1. The number of nitrogens with zero attached hydrogens (tertiary/aromatic N) is 2. The van der Waals surface area contributed by atoms with E-state index in [-0.39, 0.29) is 29.1 Å². The molecule has 3 atom stereocenters. The van der Waals surface area contributed by atoms with Crippen LogP contribution in [0.4, 0.5) is 0 Å². The Kier molecular flexibility index (Phi) is 6.22. The zero-order chi connectivity index (χ0) is 18.0. The molecule has 0 spiro atoms. The monoisotopic (exact) mass is 419 g/mol. The van der Waals surface area contributed by atoms with Crippen molar-refractivity contribution in [1.29, 1.82) is 0 Å². The van der Waals surface area contributed by atoms with Crippen molar-refractivity contribution in [3.8, 4) is 0 Å². The minimum atomic E-state index is -1.25. The number of carbonyl (C=O) groups is 1. The molecule has 9 heteroatoms. The van der Waals surface area contributed by atoms with Crippen molar-refractivity contribution >= 4 is 33.5 Å². The first-order valence-corrected chi connectivity index (χ1v) is 8.67. The number of carbonyl (C=O) groups excluding carboxylic acids is 1. The smallest absolute Gasteiger partial charge is 0.358 e. The highest BCUT2D eigenvalue weighted by Gasteiger charge is 2.35. The van der Waals surface area contributed by atoms with E-state index < -0.39 is 18.1 Å². The van der Waals surface area contributed by atoms with Crippen molar-refractivity contribution in [2.75, 3.05) is 6.61 Å². The molecule has 132 valence electrons. The van der Waals surface area contributed by atoms with Crippen molar-refractivity contribution in [2.24, 2.45) is 0 Å². The fourth-order valence-electron chi connectivity index (χ4n) is 2.54. The van der Waals surface area contributed by atoms with Crippen molar-refractivity contribution in [3.05, 3.63) is 44.7 Å². The number of hydrogen-bond donors (Lipinski definition) is 2. The molecular weight excluding hydrogens is 402 g/mol. The predicted octanol–water partition coefficient (Wildman–Crippen LogP) is 1.84. The first-order chi connectivity index (χ1) is 11.3. The molecule has 1 aliphatic rings. The summed E-state index contributed by atoms with van der Waals surface area (Å²) in [6.07, 6.45) is 3.07. The van der Waals surface area contributed by atoms with E-state index >= 15 is 0 Å². The molecule has 2 N–H and O–H groups in total. The van der Waals surface area contributed by atoms with Crippen molar-refractivity contribution < 1.29 is 19.7 Å². The molecule has 0 amide bonds. The Bertz CT molecular complexity index is 687. The Morgan fingerprint density at radius 2 is 2.29 bits per heavy atom. The van der Waals surface area contributed by atoms with Crippen LogP contribution in [0, 0.1) is 5.21 Å². The number of imidazole rings is 1. The molecule has 1 aromatic heterocycles. The minimum absolute atomic E-state index is 0.00762. The van der Waals surface area contributed by atoms with Crippen LogP contribution < -0.4 is 5.06 Å². The third-order valence-electron chi connectivity index (χ3n) is 3.58. The fraction of sp³-hybridized carbons (Fsp3) is 0.467. The molecular formula is C15H19BrClN3O4. The van der Waals surface area contributed by atoms with Gasteiger partial charge in [0.1, 0.15) is 12.2 Å². The lowest BCUT2D eigenvalue weighted by Gasteiger charge is -2.32. The Morgan fingerprint density at radius 1 is 1.62 bits per heavy atom. The SMILES string of the molecule is CCOC(=O)c1nc(Br)n(C(C)C)c1C(O)C1C=CC(Cl)=C[NH+]1[O-]. The van der Waals surface area contributed by atoms with Crippen LogP contribution in [0.1, 0.15) is 49.1 Å². The molecule has 0 bridgehead atoms. The highest BCUT2D eigenvalue weighted by atomic mass is 79.9. The van der Waals surface area contributed by atoms with Gasteiger partial charge in [0.2, 0.25) is 0 Å². The van der Waals surface area contributed by atoms with Gasteiger partial charge in [-0.15, -0.1) is 0 Å². The normalized spacial score (nSPS) is 21.8. The Hall–Kier alpha value is -1.19. The summed E-state index contributed by atoms with van der Waals surface area (Å²) in [6.45, 7) is 5.63. The van der Waals surface area contributed by atoms with E-state index in [0.717, 1.165) is 0 Å². The number of halogens is 2. The van der Waals surface area contributed by atoms with E-state index in [0.29, 0.717) is 9.77 Å². The van der Waals surface area contributed by atoms with E-state index in [2.05, 4.69) is 20.9 Å². The standard InChI is InChI=1S/C15H19BrClN3O4/c1-4-24-14(22)11-12(20(8(2)3)15(16)18-11)13(21)10-6-5-9(17)7-19(10)23/h5-8,10,13,19,21H,4H2,1-3H3. The molecule has 0 fully saturated rings. The second-order valence-corrected chi connectivity index (χ2v) is 6.71. The van der Waals surface area contributed by atoms with Crippen molar-refractivity contribution in [3.63, 3.8) is 0 Å². The second kappa shape index (κ2) is 7.79. The second-order valence-electron chi connectivity index (χ2n) is 5.56. The van der Waals surface area contributed by atoms with Gasteiger partial charge in [-0.3, -0.25) is 0 Å². The molecule has 24 heavy (non-hydrogen) atoms. The zero-order valence-electron chi connectivity index (χ0n) is 13.5. The van der Waals surface area contributed by atoms with Crippen molar-refractivity contribution in [1.82, 2.24) is 9.55 Å². The number of aromatic nitrogens is 2. The number of ether oxygens (including phenoxy) is 1. The Balaban J connectivity index is 2.50. The fourth-order valence-corrected chi connectivity index (χ4v) is 3.50. The molecule has 0 radical (unpaired) electrons. The van der Waals surface area contributed by atoms with E-state index in [1.807, 2.05) is 13.8 Å². The summed E-state index contributed by atoms with van der Waals surface area (Å²) in [5.74, 6) is -0.646. The third kappa shape index (κ3) is 3.73. The topological polar surface area (TPSA) is 91.8 Å². The largest absolute Gasteiger partial charge is 0.629 e. The van der Waals surface area contributed by atoms with Crippen LogP contribution in [0.15, 0.2) is 28.1 Å². The van der Waals surface area contributed by atoms with Gasteiger partial charge < -0.3 is 24.7 Å². The van der Waals surface area contributed by atoms with Gasteiger partial charge in [-0.1, -0.05) is 11.6 Å². The Labute approximate surface area is 153 Å². The van der Waals surface area contributed by atoms with Crippen LogP contribution in [-0.2, 0) is 4.74 Å². The van der Waals surface area contributed by atoms with E-state index in [1.54, 1.807) is 17.6 Å². The van der Waals surface area contributed by atoms with Crippen LogP contribution in [-0.4, -0.2) is 33.3 Å². The zero-order valence-corrected chi connectivity index (χ0v) is 15.8. The summed E-state index contributed by atoms with van der Waals surface area (Å²) < 4.78 is 7.06. The predicted molar refractivity (Wildman–Crippen MR) is 92.4 cm³/mol. The van der Waals surface area contributed by atoms with Gasteiger partial charge in [0, 0.05) is 6.04 Å². The highest BCUT2D eigenvalue weighted by molar-refractivity contribution is 9.10. The lowest BCUT2D eigenvalue weighted by Crippen LogP contribution is -3.07.